The molecule has 0 spiro atoms. The topological polar surface area (TPSA) is 40.5 Å². The van der Waals surface area contributed by atoms with Crippen LogP contribution in [0.1, 0.15) is 23.2 Å². The number of fused-ring (bicyclic) bond motifs is 1. The third kappa shape index (κ3) is 3.91. The number of hydrogen-bond donors (Lipinski definition) is 1. The van der Waals surface area contributed by atoms with Crippen LogP contribution in [0, 0.1) is 11.8 Å². The van der Waals surface area contributed by atoms with E-state index < -0.39 is 0 Å². The average molecular weight is 353 g/mol. The molecule has 25 heavy (non-hydrogen) atoms. The Morgan fingerprint density at radius 1 is 1.00 bits per heavy atom. The molecule has 1 unspecified atom stereocenters. The fourth-order valence-electron chi connectivity index (χ4n) is 4.20. The predicted octanol–water partition coefficient (Wildman–Crippen LogP) is 4.08. The summed E-state index contributed by atoms with van der Waals surface area (Å²) in [4.78, 5) is 16.1. The van der Waals surface area contributed by atoms with Crippen molar-refractivity contribution in [1.82, 2.24) is 4.90 Å². The van der Waals surface area contributed by atoms with E-state index in [1.165, 1.54) is 17.7 Å². The first-order chi connectivity index (χ1) is 12.2. The molecule has 0 radical (unpaired) electrons. The molecule has 3 atom stereocenters. The first-order valence-corrected chi connectivity index (χ1v) is 9.81. The molecule has 3 nitrogen and oxygen atoms in total. The summed E-state index contributed by atoms with van der Waals surface area (Å²) in [6.07, 6.45) is 2.52. The Hall–Kier alpha value is -1.78. The lowest BCUT2D eigenvalue weighted by Gasteiger charge is -2.18. The quantitative estimate of drug-likeness (QED) is 0.823. The van der Waals surface area contributed by atoms with E-state index in [-0.39, 0.29) is 11.5 Å². The standard InChI is InChI=1S/C21H23NO2S/c23-18-8-6-15(7-9-18)21(24)14-22-12-16-10-20(11-17(16)13-22)25-19-4-2-1-3-5-19/h1-9,16-17,20,23H,10-14H2/t16-,17+,20?. The van der Waals surface area contributed by atoms with Gasteiger partial charge in [0.05, 0.1) is 6.54 Å². The number of phenols is 1. The summed E-state index contributed by atoms with van der Waals surface area (Å²) < 4.78 is 0. The van der Waals surface area contributed by atoms with Gasteiger partial charge in [0.15, 0.2) is 5.78 Å². The summed E-state index contributed by atoms with van der Waals surface area (Å²) in [5.74, 6) is 1.81. The third-order valence-electron chi connectivity index (χ3n) is 5.39. The van der Waals surface area contributed by atoms with Gasteiger partial charge in [-0.05, 0) is 61.1 Å². The Bertz CT molecular complexity index is 717. The van der Waals surface area contributed by atoms with Crippen molar-refractivity contribution in [2.24, 2.45) is 11.8 Å². The fraction of sp³-hybridized carbons (Fsp3) is 0.381. The van der Waals surface area contributed by atoms with E-state index in [1.54, 1.807) is 24.3 Å². The Labute approximate surface area is 153 Å². The van der Waals surface area contributed by atoms with E-state index in [0.29, 0.717) is 17.4 Å². The number of ketones is 1. The van der Waals surface area contributed by atoms with E-state index >= 15 is 0 Å². The van der Waals surface area contributed by atoms with Gasteiger partial charge in [-0.25, -0.2) is 0 Å². The maximum Gasteiger partial charge on any atom is 0.176 e. The minimum absolute atomic E-state index is 0.148. The first kappa shape index (κ1) is 16.7. The van der Waals surface area contributed by atoms with E-state index in [0.717, 1.165) is 24.9 Å². The summed E-state index contributed by atoms with van der Waals surface area (Å²) in [6, 6.07) is 17.2. The monoisotopic (exact) mass is 353 g/mol. The van der Waals surface area contributed by atoms with Crippen molar-refractivity contribution in [2.45, 2.75) is 23.0 Å². The largest absolute Gasteiger partial charge is 0.508 e. The van der Waals surface area contributed by atoms with Crippen molar-refractivity contribution < 1.29 is 9.90 Å². The van der Waals surface area contributed by atoms with Crippen LogP contribution in [0.25, 0.3) is 0 Å². The minimum atomic E-state index is 0.148. The van der Waals surface area contributed by atoms with Crippen molar-refractivity contribution in [1.29, 1.82) is 0 Å². The average Bonchev–Trinajstić information content (AvgIpc) is 3.14. The van der Waals surface area contributed by atoms with E-state index in [1.807, 2.05) is 11.8 Å². The number of carbonyl (C=O) groups is 1. The van der Waals surface area contributed by atoms with Crippen LogP contribution in [0.5, 0.6) is 5.75 Å². The number of likely N-dealkylation sites (tertiary alicyclic amines) is 1. The molecule has 1 saturated carbocycles. The molecule has 130 valence electrons. The van der Waals surface area contributed by atoms with Crippen LogP contribution in [0.2, 0.25) is 0 Å². The number of carbonyl (C=O) groups excluding carboxylic acids is 1. The van der Waals surface area contributed by atoms with Gasteiger partial charge in [-0.2, -0.15) is 0 Å². The Morgan fingerprint density at radius 2 is 1.64 bits per heavy atom. The molecule has 2 aromatic rings. The highest BCUT2D eigenvalue weighted by Gasteiger charge is 2.41. The van der Waals surface area contributed by atoms with Gasteiger partial charge in [-0.15, -0.1) is 11.8 Å². The minimum Gasteiger partial charge on any atom is -0.508 e. The summed E-state index contributed by atoms with van der Waals surface area (Å²) in [5.41, 5.74) is 0.687. The van der Waals surface area contributed by atoms with Gasteiger partial charge in [0.25, 0.3) is 0 Å². The van der Waals surface area contributed by atoms with Gasteiger partial charge in [-0.3, -0.25) is 9.69 Å². The highest BCUT2D eigenvalue weighted by molar-refractivity contribution is 8.00. The number of Topliss-reactive ketones (excluding diaryl/α,β-unsaturated/α-hetero) is 1. The Balaban J connectivity index is 1.29. The van der Waals surface area contributed by atoms with Crippen molar-refractivity contribution in [2.75, 3.05) is 19.6 Å². The lowest BCUT2D eigenvalue weighted by molar-refractivity contribution is 0.0941. The van der Waals surface area contributed by atoms with Gasteiger partial charge < -0.3 is 5.11 Å². The van der Waals surface area contributed by atoms with Crippen LogP contribution in [-0.2, 0) is 0 Å². The zero-order valence-corrected chi connectivity index (χ0v) is 15.0. The third-order valence-corrected chi connectivity index (χ3v) is 6.65. The molecule has 2 aliphatic rings. The molecule has 4 rings (SSSR count). The zero-order valence-electron chi connectivity index (χ0n) is 14.2. The van der Waals surface area contributed by atoms with Crippen LogP contribution >= 0.6 is 11.8 Å². The van der Waals surface area contributed by atoms with Gasteiger partial charge >= 0.3 is 0 Å². The molecule has 0 amide bonds. The highest BCUT2D eigenvalue weighted by atomic mass is 32.2. The molecule has 1 aliphatic carbocycles. The van der Waals surface area contributed by atoms with E-state index in [9.17, 15) is 9.90 Å². The van der Waals surface area contributed by atoms with Crippen molar-refractivity contribution in [3.05, 3.63) is 60.2 Å². The van der Waals surface area contributed by atoms with E-state index in [2.05, 4.69) is 35.2 Å². The molecule has 4 heteroatoms. The molecule has 1 N–H and O–H groups in total. The van der Waals surface area contributed by atoms with Crippen LogP contribution in [0.3, 0.4) is 0 Å². The van der Waals surface area contributed by atoms with Gasteiger partial charge in [0.1, 0.15) is 5.75 Å². The molecule has 0 bridgehead atoms. The molecule has 2 aromatic carbocycles. The first-order valence-electron chi connectivity index (χ1n) is 8.93. The summed E-state index contributed by atoms with van der Waals surface area (Å²) in [6.45, 7) is 2.58. The number of aromatic hydroxyl groups is 1. The number of rotatable bonds is 5. The van der Waals surface area contributed by atoms with Crippen LogP contribution in [-0.4, -0.2) is 40.7 Å². The second kappa shape index (κ2) is 7.22. The summed E-state index contributed by atoms with van der Waals surface area (Å²) in [5, 5.41) is 10.1. The maximum atomic E-state index is 12.4. The smallest absolute Gasteiger partial charge is 0.176 e. The number of thioether (sulfide) groups is 1. The predicted molar refractivity (Wildman–Crippen MR) is 101 cm³/mol. The van der Waals surface area contributed by atoms with E-state index in [4.69, 9.17) is 0 Å². The molecule has 1 aliphatic heterocycles. The molecule has 1 heterocycles. The molecule has 1 saturated heterocycles. The van der Waals surface area contributed by atoms with Gasteiger partial charge in [0, 0.05) is 28.8 Å². The van der Waals surface area contributed by atoms with Crippen molar-refractivity contribution in [3.8, 4) is 5.75 Å². The zero-order chi connectivity index (χ0) is 17.2. The van der Waals surface area contributed by atoms with Crippen molar-refractivity contribution in [3.63, 3.8) is 0 Å². The summed E-state index contributed by atoms with van der Waals surface area (Å²) in [7, 11) is 0. The lowest BCUT2D eigenvalue weighted by atomic mass is 10.0. The number of hydrogen-bond acceptors (Lipinski definition) is 4. The van der Waals surface area contributed by atoms with Crippen molar-refractivity contribution >= 4 is 17.5 Å². The molecule has 0 aromatic heterocycles. The highest BCUT2D eigenvalue weighted by Crippen LogP contribution is 2.44. The van der Waals surface area contributed by atoms with Gasteiger partial charge in [-0.1, -0.05) is 18.2 Å². The maximum absolute atomic E-state index is 12.4. The Morgan fingerprint density at radius 3 is 2.28 bits per heavy atom. The Kier molecular flexibility index (Phi) is 4.82. The number of phenolic OH excluding ortho intramolecular Hbond substituents is 1. The van der Waals surface area contributed by atoms with Crippen LogP contribution < -0.4 is 0 Å². The van der Waals surface area contributed by atoms with Crippen LogP contribution in [0.4, 0.5) is 0 Å². The second-order valence-corrected chi connectivity index (χ2v) is 8.58. The number of benzene rings is 2. The molecule has 2 fully saturated rings. The van der Waals surface area contributed by atoms with Crippen LogP contribution in [0.15, 0.2) is 59.5 Å². The SMILES string of the molecule is O=C(CN1C[C@H]2CC(Sc3ccccc3)C[C@H]2C1)c1ccc(O)cc1. The number of nitrogens with zero attached hydrogens (tertiary/aromatic N) is 1. The fourth-order valence-corrected chi connectivity index (χ4v) is 5.59. The second-order valence-electron chi connectivity index (χ2n) is 7.21. The normalized spacial score (nSPS) is 25.8. The molecular formula is C21H23NO2S. The molecular weight excluding hydrogens is 330 g/mol. The van der Waals surface area contributed by atoms with Gasteiger partial charge in [0.2, 0.25) is 0 Å². The summed E-state index contributed by atoms with van der Waals surface area (Å²) >= 11 is 2.01. The lowest BCUT2D eigenvalue weighted by Crippen LogP contribution is -2.29.